The molecule has 2 aliphatic rings. The third-order valence-electron chi connectivity index (χ3n) is 5.08. The number of nitrogens with zero attached hydrogens (tertiary/aromatic N) is 1. The molecule has 1 N–H and O–H groups in total. The standard InChI is InChI=1S/C19H17Cl2FN2O2/c1-9-6-10(4-5-23-9)16-17(15-8-14(22)18(16)26-15)19(25)24-11-2-3-12(20)13(21)7-11/h2-7,14-18H,8H2,1H3,(H,24,25). The highest BCUT2D eigenvalue weighted by Crippen LogP contribution is 2.50. The summed E-state index contributed by atoms with van der Waals surface area (Å²) >= 11 is 11.9. The molecular formula is C19H17Cl2FN2O2. The van der Waals surface area contributed by atoms with Crippen molar-refractivity contribution in [1.29, 1.82) is 0 Å². The number of halogens is 3. The number of anilines is 1. The van der Waals surface area contributed by atoms with Gasteiger partial charge < -0.3 is 10.1 Å². The maximum atomic E-state index is 14.3. The van der Waals surface area contributed by atoms with Crippen LogP contribution in [-0.4, -0.2) is 29.3 Å². The van der Waals surface area contributed by atoms with Crippen molar-refractivity contribution in [2.75, 3.05) is 5.32 Å². The summed E-state index contributed by atoms with van der Waals surface area (Å²) in [6.07, 6.45) is -0.183. The number of hydrogen-bond acceptors (Lipinski definition) is 3. The van der Waals surface area contributed by atoms with Gasteiger partial charge in [0.1, 0.15) is 6.17 Å². The van der Waals surface area contributed by atoms with Gasteiger partial charge in [-0.05, 0) is 42.8 Å². The average Bonchev–Trinajstić information content (AvgIpc) is 3.15. The average molecular weight is 395 g/mol. The predicted octanol–water partition coefficient (Wildman–Crippen LogP) is 4.54. The van der Waals surface area contributed by atoms with Gasteiger partial charge >= 0.3 is 0 Å². The van der Waals surface area contributed by atoms with Gasteiger partial charge in [0.05, 0.1) is 28.2 Å². The third kappa shape index (κ3) is 3.08. The molecule has 4 nitrogen and oxygen atoms in total. The summed E-state index contributed by atoms with van der Waals surface area (Å²) in [6, 6.07) is 8.62. The molecule has 3 heterocycles. The van der Waals surface area contributed by atoms with E-state index in [1.54, 1.807) is 24.4 Å². The lowest BCUT2D eigenvalue weighted by molar-refractivity contribution is -0.121. The Morgan fingerprint density at radius 3 is 2.81 bits per heavy atom. The molecule has 1 aromatic heterocycles. The second-order valence-electron chi connectivity index (χ2n) is 6.79. The van der Waals surface area contributed by atoms with Crippen molar-refractivity contribution in [3.05, 3.63) is 57.8 Å². The number of alkyl halides is 1. The Balaban J connectivity index is 1.62. The SMILES string of the molecule is Cc1cc(C2C3OC(CC3F)C2C(=O)Nc2ccc(Cl)c(Cl)c2)ccn1. The molecule has 0 saturated carbocycles. The van der Waals surface area contributed by atoms with Crippen LogP contribution in [0, 0.1) is 12.8 Å². The topological polar surface area (TPSA) is 51.2 Å². The maximum absolute atomic E-state index is 14.3. The maximum Gasteiger partial charge on any atom is 0.230 e. The molecule has 0 spiro atoms. The first-order chi connectivity index (χ1) is 12.4. The fourth-order valence-electron chi connectivity index (χ4n) is 3.98. The zero-order valence-corrected chi connectivity index (χ0v) is 15.5. The zero-order valence-electron chi connectivity index (χ0n) is 14.0. The quantitative estimate of drug-likeness (QED) is 0.830. The van der Waals surface area contributed by atoms with Crippen molar-refractivity contribution in [3.63, 3.8) is 0 Å². The molecule has 5 atom stereocenters. The first kappa shape index (κ1) is 17.7. The molecule has 5 unspecified atom stereocenters. The molecule has 2 bridgehead atoms. The minimum Gasteiger partial charge on any atom is -0.370 e. The molecule has 2 fully saturated rings. The normalized spacial score (nSPS) is 29.8. The highest BCUT2D eigenvalue weighted by atomic mass is 35.5. The minimum atomic E-state index is -1.06. The Morgan fingerprint density at radius 1 is 1.27 bits per heavy atom. The Hall–Kier alpha value is -1.69. The Kier molecular flexibility index (Phi) is 4.63. The minimum absolute atomic E-state index is 0.206. The van der Waals surface area contributed by atoms with Crippen LogP contribution in [-0.2, 0) is 9.53 Å². The molecular weight excluding hydrogens is 378 g/mol. The summed E-state index contributed by atoms with van der Waals surface area (Å²) in [7, 11) is 0. The summed E-state index contributed by atoms with van der Waals surface area (Å²) in [5, 5.41) is 3.64. The van der Waals surface area contributed by atoms with Crippen LogP contribution in [0.5, 0.6) is 0 Å². The van der Waals surface area contributed by atoms with E-state index < -0.39 is 24.3 Å². The number of ether oxygens (including phenoxy) is 1. The van der Waals surface area contributed by atoms with Crippen LogP contribution in [0.15, 0.2) is 36.5 Å². The van der Waals surface area contributed by atoms with Crippen LogP contribution >= 0.6 is 23.2 Å². The Labute approximate surface area is 160 Å². The second-order valence-corrected chi connectivity index (χ2v) is 7.61. The van der Waals surface area contributed by atoms with Crippen molar-refractivity contribution in [1.82, 2.24) is 4.98 Å². The number of aryl methyl sites for hydroxylation is 1. The fraction of sp³-hybridized carbons (Fsp3) is 0.368. The number of fused-ring (bicyclic) bond motifs is 2. The van der Waals surface area contributed by atoms with Crippen molar-refractivity contribution < 1.29 is 13.9 Å². The summed E-state index contributed by atoms with van der Waals surface area (Å²) in [6.45, 7) is 1.87. The van der Waals surface area contributed by atoms with E-state index in [0.29, 0.717) is 15.7 Å². The van der Waals surface area contributed by atoms with Gasteiger partial charge in [0, 0.05) is 29.9 Å². The second kappa shape index (κ2) is 6.80. The van der Waals surface area contributed by atoms with Crippen LogP contribution in [0.2, 0.25) is 10.0 Å². The number of rotatable bonds is 3. The van der Waals surface area contributed by atoms with Crippen molar-refractivity contribution in [2.24, 2.45) is 5.92 Å². The van der Waals surface area contributed by atoms with E-state index in [-0.39, 0.29) is 18.2 Å². The smallest absolute Gasteiger partial charge is 0.230 e. The van der Waals surface area contributed by atoms with Crippen LogP contribution in [0.25, 0.3) is 0 Å². The van der Waals surface area contributed by atoms with Crippen molar-refractivity contribution >= 4 is 34.8 Å². The lowest BCUT2D eigenvalue weighted by atomic mass is 9.74. The zero-order chi connectivity index (χ0) is 18.4. The third-order valence-corrected chi connectivity index (χ3v) is 5.82. The number of carbonyl (C=O) groups is 1. The van der Waals surface area contributed by atoms with Crippen LogP contribution in [0.4, 0.5) is 10.1 Å². The number of nitrogens with one attached hydrogen (secondary N) is 1. The molecule has 1 aromatic carbocycles. The van der Waals surface area contributed by atoms with Crippen molar-refractivity contribution in [2.45, 2.75) is 37.6 Å². The Bertz CT molecular complexity index is 863. The van der Waals surface area contributed by atoms with Gasteiger partial charge in [-0.1, -0.05) is 23.2 Å². The molecule has 4 rings (SSSR count). The summed E-state index contributed by atoms with van der Waals surface area (Å²) in [5.41, 5.74) is 2.25. The van der Waals surface area contributed by atoms with Gasteiger partial charge in [0.2, 0.25) is 5.91 Å². The lowest BCUT2D eigenvalue weighted by Crippen LogP contribution is -2.39. The molecule has 2 saturated heterocycles. The number of pyridine rings is 1. The monoisotopic (exact) mass is 394 g/mol. The highest BCUT2D eigenvalue weighted by molar-refractivity contribution is 6.42. The molecule has 2 aromatic rings. The number of aromatic nitrogens is 1. The van der Waals surface area contributed by atoms with Gasteiger partial charge in [-0.15, -0.1) is 0 Å². The van der Waals surface area contributed by atoms with Crippen molar-refractivity contribution in [3.8, 4) is 0 Å². The van der Waals surface area contributed by atoms with E-state index in [2.05, 4.69) is 10.3 Å². The van der Waals surface area contributed by atoms with E-state index in [4.69, 9.17) is 27.9 Å². The number of carbonyl (C=O) groups excluding carboxylic acids is 1. The number of amides is 1. The largest absolute Gasteiger partial charge is 0.370 e. The van der Waals surface area contributed by atoms with E-state index in [0.717, 1.165) is 11.3 Å². The predicted molar refractivity (Wildman–Crippen MR) is 98.5 cm³/mol. The molecule has 0 radical (unpaired) electrons. The van der Waals surface area contributed by atoms with Gasteiger partial charge in [-0.2, -0.15) is 0 Å². The van der Waals surface area contributed by atoms with Crippen LogP contribution < -0.4 is 5.32 Å². The fourth-order valence-corrected chi connectivity index (χ4v) is 4.28. The summed E-state index contributed by atoms with van der Waals surface area (Å²) in [4.78, 5) is 17.2. The van der Waals surface area contributed by atoms with Crippen LogP contribution in [0.1, 0.15) is 23.6 Å². The number of benzene rings is 1. The Morgan fingerprint density at radius 2 is 2.08 bits per heavy atom. The van der Waals surface area contributed by atoms with E-state index in [9.17, 15) is 9.18 Å². The van der Waals surface area contributed by atoms with Gasteiger partial charge in [-0.25, -0.2) is 4.39 Å². The van der Waals surface area contributed by atoms with E-state index in [1.807, 2.05) is 19.1 Å². The van der Waals surface area contributed by atoms with E-state index in [1.165, 1.54) is 0 Å². The highest BCUT2D eigenvalue weighted by Gasteiger charge is 2.57. The van der Waals surface area contributed by atoms with Crippen LogP contribution in [0.3, 0.4) is 0 Å². The first-order valence-electron chi connectivity index (χ1n) is 8.42. The van der Waals surface area contributed by atoms with Gasteiger partial charge in [0.15, 0.2) is 0 Å². The van der Waals surface area contributed by atoms with Gasteiger partial charge in [0.25, 0.3) is 0 Å². The molecule has 7 heteroatoms. The molecule has 0 aliphatic carbocycles. The molecule has 136 valence electrons. The van der Waals surface area contributed by atoms with Gasteiger partial charge in [-0.3, -0.25) is 9.78 Å². The summed E-state index contributed by atoms with van der Waals surface area (Å²) in [5.74, 6) is -1.02. The molecule has 1 amide bonds. The van der Waals surface area contributed by atoms with E-state index >= 15 is 0 Å². The lowest BCUT2D eigenvalue weighted by Gasteiger charge is -2.29. The number of hydrogen-bond donors (Lipinski definition) is 1. The molecule has 2 aliphatic heterocycles. The molecule has 26 heavy (non-hydrogen) atoms. The summed E-state index contributed by atoms with van der Waals surface area (Å²) < 4.78 is 20.1. The first-order valence-corrected chi connectivity index (χ1v) is 9.17.